The van der Waals surface area contributed by atoms with E-state index in [2.05, 4.69) is 32.8 Å². The first-order chi connectivity index (χ1) is 10.3. The standard InChI is InChI=1S/C16H16N4S/c1-11-13(18-10-19-16(11)17-2)8-15-20-14(9-21-15)12-6-4-3-5-7-12/h3-7,9-10H,8H2,1-2H3,(H,17,18,19). The minimum Gasteiger partial charge on any atom is -0.373 e. The molecule has 0 aliphatic rings. The fourth-order valence-electron chi connectivity index (χ4n) is 2.19. The molecule has 0 saturated carbocycles. The van der Waals surface area contributed by atoms with Gasteiger partial charge in [-0.15, -0.1) is 11.3 Å². The van der Waals surface area contributed by atoms with Crippen molar-refractivity contribution in [2.45, 2.75) is 13.3 Å². The molecule has 2 aromatic heterocycles. The van der Waals surface area contributed by atoms with Gasteiger partial charge in [0, 0.05) is 30.0 Å². The molecule has 4 nitrogen and oxygen atoms in total. The molecule has 106 valence electrons. The van der Waals surface area contributed by atoms with E-state index < -0.39 is 0 Å². The van der Waals surface area contributed by atoms with E-state index in [4.69, 9.17) is 4.98 Å². The molecule has 0 atom stereocenters. The van der Waals surface area contributed by atoms with E-state index in [-0.39, 0.29) is 0 Å². The second kappa shape index (κ2) is 6.01. The Balaban J connectivity index is 1.85. The number of nitrogens with one attached hydrogen (secondary N) is 1. The lowest BCUT2D eigenvalue weighted by molar-refractivity contribution is 0.986. The lowest BCUT2D eigenvalue weighted by Crippen LogP contribution is -2.02. The normalized spacial score (nSPS) is 10.6. The van der Waals surface area contributed by atoms with Crippen molar-refractivity contribution in [3.63, 3.8) is 0 Å². The predicted molar refractivity (Wildman–Crippen MR) is 86.7 cm³/mol. The van der Waals surface area contributed by atoms with Gasteiger partial charge in [-0.1, -0.05) is 30.3 Å². The van der Waals surface area contributed by atoms with Crippen LogP contribution in [-0.4, -0.2) is 22.0 Å². The summed E-state index contributed by atoms with van der Waals surface area (Å²) in [6.07, 6.45) is 2.33. The molecule has 0 aliphatic carbocycles. The number of rotatable bonds is 4. The summed E-state index contributed by atoms with van der Waals surface area (Å²) in [7, 11) is 1.87. The molecule has 21 heavy (non-hydrogen) atoms. The molecular weight excluding hydrogens is 280 g/mol. The minimum atomic E-state index is 0.737. The number of hydrogen-bond acceptors (Lipinski definition) is 5. The van der Waals surface area contributed by atoms with Crippen molar-refractivity contribution in [2.24, 2.45) is 0 Å². The van der Waals surface area contributed by atoms with Crippen molar-refractivity contribution >= 4 is 17.2 Å². The molecule has 0 aliphatic heterocycles. The van der Waals surface area contributed by atoms with Gasteiger partial charge in [0.1, 0.15) is 12.1 Å². The molecule has 1 N–H and O–H groups in total. The van der Waals surface area contributed by atoms with Crippen molar-refractivity contribution in [1.29, 1.82) is 0 Å². The topological polar surface area (TPSA) is 50.7 Å². The summed E-state index contributed by atoms with van der Waals surface area (Å²) in [6.45, 7) is 2.03. The van der Waals surface area contributed by atoms with E-state index in [1.165, 1.54) is 0 Å². The Kier molecular flexibility index (Phi) is 3.92. The third kappa shape index (κ3) is 2.92. The summed E-state index contributed by atoms with van der Waals surface area (Å²) in [5.74, 6) is 0.875. The van der Waals surface area contributed by atoms with E-state index in [9.17, 15) is 0 Å². The van der Waals surface area contributed by atoms with Gasteiger partial charge in [-0.25, -0.2) is 15.0 Å². The van der Waals surface area contributed by atoms with Crippen LogP contribution in [0.25, 0.3) is 11.3 Å². The third-order valence-electron chi connectivity index (χ3n) is 3.37. The number of benzene rings is 1. The van der Waals surface area contributed by atoms with E-state index in [1.54, 1.807) is 17.7 Å². The fraction of sp³-hybridized carbons (Fsp3) is 0.188. The highest BCUT2D eigenvalue weighted by atomic mass is 32.1. The second-order valence-electron chi connectivity index (χ2n) is 4.71. The molecule has 0 fully saturated rings. The van der Waals surface area contributed by atoms with E-state index in [0.717, 1.165) is 39.8 Å². The number of thiazole rings is 1. The molecular formula is C16H16N4S. The summed E-state index contributed by atoms with van der Waals surface area (Å²) in [5, 5.41) is 6.25. The van der Waals surface area contributed by atoms with Crippen molar-refractivity contribution in [2.75, 3.05) is 12.4 Å². The summed E-state index contributed by atoms with van der Waals surface area (Å²) in [6, 6.07) is 10.2. The Hall–Kier alpha value is -2.27. The molecule has 0 saturated heterocycles. The highest BCUT2D eigenvalue weighted by Gasteiger charge is 2.10. The van der Waals surface area contributed by atoms with Crippen LogP contribution in [0.4, 0.5) is 5.82 Å². The van der Waals surface area contributed by atoms with Crippen LogP contribution >= 0.6 is 11.3 Å². The van der Waals surface area contributed by atoms with Gasteiger partial charge in [0.2, 0.25) is 0 Å². The highest BCUT2D eigenvalue weighted by molar-refractivity contribution is 7.10. The van der Waals surface area contributed by atoms with Crippen LogP contribution in [-0.2, 0) is 6.42 Å². The fourth-order valence-corrected chi connectivity index (χ4v) is 3.00. The number of anilines is 1. The maximum absolute atomic E-state index is 4.71. The summed E-state index contributed by atoms with van der Waals surface area (Å²) < 4.78 is 0. The minimum absolute atomic E-state index is 0.737. The van der Waals surface area contributed by atoms with Crippen molar-refractivity contribution < 1.29 is 0 Å². The number of hydrogen-bond donors (Lipinski definition) is 1. The van der Waals surface area contributed by atoms with Crippen LogP contribution < -0.4 is 5.32 Å². The lowest BCUT2D eigenvalue weighted by Gasteiger charge is -2.07. The van der Waals surface area contributed by atoms with Gasteiger partial charge in [0.05, 0.1) is 16.4 Å². The first-order valence-electron chi connectivity index (χ1n) is 6.76. The summed E-state index contributed by atoms with van der Waals surface area (Å²) in [5.41, 5.74) is 4.27. The molecule has 3 rings (SSSR count). The zero-order valence-corrected chi connectivity index (χ0v) is 12.8. The molecule has 3 aromatic rings. The van der Waals surface area contributed by atoms with Gasteiger partial charge in [-0.05, 0) is 6.92 Å². The average molecular weight is 296 g/mol. The van der Waals surface area contributed by atoms with E-state index in [0.29, 0.717) is 0 Å². The van der Waals surface area contributed by atoms with Crippen LogP contribution in [0.15, 0.2) is 42.0 Å². The van der Waals surface area contributed by atoms with Crippen LogP contribution in [0.5, 0.6) is 0 Å². The molecule has 0 spiro atoms. The Labute approximate surface area is 127 Å². The Morgan fingerprint density at radius 3 is 2.71 bits per heavy atom. The zero-order chi connectivity index (χ0) is 14.7. The quantitative estimate of drug-likeness (QED) is 0.800. The van der Waals surface area contributed by atoms with Gasteiger partial charge in [-0.2, -0.15) is 0 Å². The maximum atomic E-state index is 4.71. The number of nitrogens with zero attached hydrogens (tertiary/aromatic N) is 3. The smallest absolute Gasteiger partial charge is 0.132 e. The molecule has 0 bridgehead atoms. The molecule has 1 aromatic carbocycles. The molecule has 5 heteroatoms. The van der Waals surface area contributed by atoms with Gasteiger partial charge in [-0.3, -0.25) is 0 Å². The van der Waals surface area contributed by atoms with Crippen molar-refractivity contribution in [3.8, 4) is 11.3 Å². The largest absolute Gasteiger partial charge is 0.373 e. The first-order valence-corrected chi connectivity index (χ1v) is 7.64. The zero-order valence-electron chi connectivity index (χ0n) is 12.0. The summed E-state index contributed by atoms with van der Waals surface area (Å²) >= 11 is 1.67. The van der Waals surface area contributed by atoms with Crippen molar-refractivity contribution in [1.82, 2.24) is 15.0 Å². The van der Waals surface area contributed by atoms with E-state index in [1.807, 2.05) is 32.2 Å². The van der Waals surface area contributed by atoms with Gasteiger partial charge < -0.3 is 5.32 Å². The molecule has 0 unspecified atom stereocenters. The summed E-state index contributed by atoms with van der Waals surface area (Å²) in [4.78, 5) is 13.3. The lowest BCUT2D eigenvalue weighted by atomic mass is 10.1. The average Bonchev–Trinajstić information content (AvgIpc) is 2.99. The number of aromatic nitrogens is 3. The highest BCUT2D eigenvalue weighted by Crippen LogP contribution is 2.24. The predicted octanol–water partition coefficient (Wildman–Crippen LogP) is 3.54. The SMILES string of the molecule is CNc1ncnc(Cc2nc(-c3ccccc3)cs2)c1C. The van der Waals surface area contributed by atoms with Crippen LogP contribution in [0.3, 0.4) is 0 Å². The van der Waals surface area contributed by atoms with E-state index >= 15 is 0 Å². The Bertz CT molecular complexity index is 737. The molecule has 2 heterocycles. The molecule has 0 amide bonds. The van der Waals surface area contributed by atoms with Gasteiger partial charge in [0.25, 0.3) is 0 Å². The van der Waals surface area contributed by atoms with Gasteiger partial charge >= 0.3 is 0 Å². The monoisotopic (exact) mass is 296 g/mol. The third-order valence-corrected chi connectivity index (χ3v) is 4.21. The van der Waals surface area contributed by atoms with Crippen LogP contribution in [0, 0.1) is 6.92 Å². The van der Waals surface area contributed by atoms with Crippen molar-refractivity contribution in [3.05, 3.63) is 58.3 Å². The second-order valence-corrected chi connectivity index (χ2v) is 5.66. The Morgan fingerprint density at radius 1 is 1.14 bits per heavy atom. The molecule has 0 radical (unpaired) electrons. The first kappa shape index (κ1) is 13.7. The Morgan fingerprint density at radius 2 is 1.95 bits per heavy atom. The maximum Gasteiger partial charge on any atom is 0.132 e. The van der Waals surface area contributed by atoms with Crippen LogP contribution in [0.1, 0.15) is 16.3 Å². The van der Waals surface area contributed by atoms with Crippen LogP contribution in [0.2, 0.25) is 0 Å². The van der Waals surface area contributed by atoms with Gasteiger partial charge in [0.15, 0.2) is 0 Å².